The monoisotopic (exact) mass is 292 g/mol. The fraction of sp³-hybridized carbons (Fsp3) is 0.600. The van der Waals surface area contributed by atoms with Crippen LogP contribution in [0.15, 0.2) is 6.20 Å². The van der Waals surface area contributed by atoms with Gasteiger partial charge >= 0.3 is 18.1 Å². The van der Waals surface area contributed by atoms with Crippen molar-refractivity contribution in [2.24, 2.45) is 0 Å². The first-order valence-corrected chi connectivity index (χ1v) is 5.80. The number of amides is 1. The number of alkyl halides is 3. The maximum Gasteiger partial charge on any atom is 0.471 e. The van der Waals surface area contributed by atoms with E-state index < -0.39 is 18.1 Å². The molecular formula is C10H11F3N4O3. The largest absolute Gasteiger partial charge is 0.476 e. The third-order valence-corrected chi connectivity index (χ3v) is 3.10. The lowest BCUT2D eigenvalue weighted by Crippen LogP contribution is -2.45. The van der Waals surface area contributed by atoms with Crippen molar-refractivity contribution in [3.05, 3.63) is 11.9 Å². The first-order chi connectivity index (χ1) is 9.29. The summed E-state index contributed by atoms with van der Waals surface area (Å²) in [5, 5.41) is 15.8. The van der Waals surface area contributed by atoms with Crippen molar-refractivity contribution in [1.29, 1.82) is 0 Å². The topological polar surface area (TPSA) is 88.3 Å². The average Bonchev–Trinajstić information content (AvgIpc) is 2.86. The zero-order valence-corrected chi connectivity index (χ0v) is 10.2. The molecule has 0 aromatic carbocycles. The van der Waals surface area contributed by atoms with E-state index >= 15 is 0 Å². The maximum atomic E-state index is 12.3. The van der Waals surface area contributed by atoms with Crippen LogP contribution in [0.5, 0.6) is 0 Å². The van der Waals surface area contributed by atoms with E-state index in [0.717, 1.165) is 4.90 Å². The van der Waals surface area contributed by atoms with Crippen LogP contribution in [-0.2, 0) is 4.79 Å². The third kappa shape index (κ3) is 2.89. The normalized spacial score (nSPS) is 17.2. The van der Waals surface area contributed by atoms with E-state index in [0.29, 0.717) is 0 Å². The second-order valence-electron chi connectivity index (χ2n) is 4.41. The van der Waals surface area contributed by atoms with Gasteiger partial charge in [0.05, 0.1) is 12.2 Å². The third-order valence-electron chi connectivity index (χ3n) is 3.10. The highest BCUT2D eigenvalue weighted by Gasteiger charge is 2.43. The lowest BCUT2D eigenvalue weighted by molar-refractivity contribution is -0.186. The fourth-order valence-electron chi connectivity index (χ4n) is 2.07. The molecule has 1 N–H and O–H groups in total. The number of hydrogen-bond acceptors (Lipinski definition) is 4. The zero-order valence-electron chi connectivity index (χ0n) is 10.2. The van der Waals surface area contributed by atoms with Gasteiger partial charge in [0.25, 0.3) is 0 Å². The summed E-state index contributed by atoms with van der Waals surface area (Å²) >= 11 is 0. The highest BCUT2D eigenvalue weighted by molar-refractivity contribution is 5.84. The molecule has 1 amide bonds. The molecule has 1 aliphatic heterocycles. The minimum absolute atomic E-state index is 0.0503. The Kier molecular flexibility index (Phi) is 3.64. The van der Waals surface area contributed by atoms with Gasteiger partial charge < -0.3 is 10.0 Å². The van der Waals surface area contributed by atoms with E-state index in [-0.39, 0.29) is 37.7 Å². The standard InChI is InChI=1S/C10H11F3N4O3/c11-10(12,13)9(20)16-3-1-6(2-4-16)17-5-7(8(18)19)14-15-17/h5-6H,1-4H2,(H,18,19). The minimum Gasteiger partial charge on any atom is -0.476 e. The van der Waals surface area contributed by atoms with Gasteiger partial charge in [-0.3, -0.25) is 4.79 Å². The van der Waals surface area contributed by atoms with Gasteiger partial charge in [0.1, 0.15) is 0 Å². The highest BCUT2D eigenvalue weighted by Crippen LogP contribution is 2.26. The molecule has 1 saturated heterocycles. The second-order valence-corrected chi connectivity index (χ2v) is 4.41. The quantitative estimate of drug-likeness (QED) is 0.867. The number of likely N-dealkylation sites (tertiary alicyclic amines) is 1. The van der Waals surface area contributed by atoms with Crippen LogP contribution in [0.25, 0.3) is 0 Å². The number of piperidine rings is 1. The summed E-state index contributed by atoms with van der Waals surface area (Å²) < 4.78 is 38.1. The first kappa shape index (κ1) is 14.3. The van der Waals surface area contributed by atoms with Gasteiger partial charge in [-0.15, -0.1) is 5.10 Å². The Labute approximate surface area is 111 Å². The molecule has 1 fully saturated rings. The number of hydrogen-bond donors (Lipinski definition) is 1. The van der Waals surface area contributed by atoms with Gasteiger partial charge in [0.15, 0.2) is 5.69 Å². The van der Waals surface area contributed by atoms with Crippen molar-refractivity contribution in [3.63, 3.8) is 0 Å². The lowest BCUT2D eigenvalue weighted by atomic mass is 10.1. The lowest BCUT2D eigenvalue weighted by Gasteiger charge is -2.32. The highest BCUT2D eigenvalue weighted by atomic mass is 19.4. The van der Waals surface area contributed by atoms with E-state index in [2.05, 4.69) is 10.3 Å². The van der Waals surface area contributed by atoms with E-state index in [1.807, 2.05) is 0 Å². The predicted molar refractivity (Wildman–Crippen MR) is 57.9 cm³/mol. The number of rotatable bonds is 2. The molecule has 2 rings (SSSR count). The molecule has 0 spiro atoms. The number of aromatic nitrogens is 3. The van der Waals surface area contributed by atoms with Crippen molar-refractivity contribution >= 4 is 11.9 Å². The number of aromatic carboxylic acids is 1. The number of carbonyl (C=O) groups is 2. The van der Waals surface area contributed by atoms with Crippen LogP contribution in [0.1, 0.15) is 29.4 Å². The molecule has 0 unspecified atom stereocenters. The van der Waals surface area contributed by atoms with E-state index in [1.165, 1.54) is 10.9 Å². The Morgan fingerprint density at radius 1 is 1.30 bits per heavy atom. The predicted octanol–water partition coefficient (Wildman–Crippen LogP) is 0.702. The Morgan fingerprint density at radius 2 is 1.90 bits per heavy atom. The number of carboxylic acid groups (broad SMARTS) is 1. The van der Waals surface area contributed by atoms with Crippen molar-refractivity contribution in [2.75, 3.05) is 13.1 Å². The summed E-state index contributed by atoms with van der Waals surface area (Å²) in [4.78, 5) is 22.4. The van der Waals surface area contributed by atoms with E-state index in [1.54, 1.807) is 0 Å². The summed E-state index contributed by atoms with van der Waals surface area (Å²) in [5.74, 6) is -3.07. The maximum absolute atomic E-state index is 12.3. The summed E-state index contributed by atoms with van der Waals surface area (Å²) in [6, 6.07) is -0.257. The van der Waals surface area contributed by atoms with Crippen LogP contribution in [0.4, 0.5) is 13.2 Å². The molecule has 0 radical (unpaired) electrons. The molecule has 0 saturated carbocycles. The van der Waals surface area contributed by atoms with Crippen molar-refractivity contribution in [1.82, 2.24) is 19.9 Å². The number of nitrogens with zero attached hydrogens (tertiary/aromatic N) is 4. The average molecular weight is 292 g/mol. The minimum atomic E-state index is -4.86. The Balaban J connectivity index is 1.97. The number of carbonyl (C=O) groups excluding carboxylic acids is 1. The Hall–Kier alpha value is -2.13. The molecule has 110 valence electrons. The van der Waals surface area contributed by atoms with Crippen LogP contribution in [0, 0.1) is 0 Å². The van der Waals surface area contributed by atoms with Gasteiger partial charge in [-0.05, 0) is 12.8 Å². The molecule has 1 aromatic rings. The molecule has 7 nitrogen and oxygen atoms in total. The number of halogens is 3. The molecular weight excluding hydrogens is 281 g/mol. The van der Waals surface area contributed by atoms with Crippen LogP contribution in [0.3, 0.4) is 0 Å². The van der Waals surface area contributed by atoms with Crippen molar-refractivity contribution < 1.29 is 27.9 Å². The molecule has 0 atom stereocenters. The smallest absolute Gasteiger partial charge is 0.471 e. The van der Waals surface area contributed by atoms with Crippen LogP contribution in [-0.4, -0.2) is 56.1 Å². The molecule has 2 heterocycles. The van der Waals surface area contributed by atoms with E-state index in [4.69, 9.17) is 5.11 Å². The fourth-order valence-corrected chi connectivity index (χ4v) is 2.07. The molecule has 20 heavy (non-hydrogen) atoms. The molecule has 0 bridgehead atoms. The summed E-state index contributed by atoms with van der Waals surface area (Å²) in [6.45, 7) is -0.101. The SMILES string of the molecule is O=C(O)c1cn(C2CCN(C(=O)C(F)(F)F)CC2)nn1. The van der Waals surface area contributed by atoms with Gasteiger partial charge in [-0.25, -0.2) is 9.48 Å². The zero-order chi connectivity index (χ0) is 14.9. The number of carboxylic acids is 1. The Bertz CT molecular complexity index is 520. The van der Waals surface area contributed by atoms with Gasteiger partial charge in [-0.2, -0.15) is 13.2 Å². The van der Waals surface area contributed by atoms with Crippen molar-refractivity contribution in [3.8, 4) is 0 Å². The molecule has 10 heteroatoms. The van der Waals surface area contributed by atoms with Gasteiger partial charge in [0.2, 0.25) is 0 Å². The van der Waals surface area contributed by atoms with Crippen molar-refractivity contribution in [2.45, 2.75) is 25.1 Å². The van der Waals surface area contributed by atoms with Crippen LogP contribution in [0.2, 0.25) is 0 Å². The summed E-state index contributed by atoms with van der Waals surface area (Å²) in [7, 11) is 0. The summed E-state index contributed by atoms with van der Waals surface area (Å²) in [5.41, 5.74) is -0.223. The Morgan fingerprint density at radius 3 is 2.35 bits per heavy atom. The van der Waals surface area contributed by atoms with Gasteiger partial charge in [-0.1, -0.05) is 5.21 Å². The molecule has 0 aliphatic carbocycles. The second kappa shape index (κ2) is 5.10. The first-order valence-electron chi connectivity index (χ1n) is 5.80. The van der Waals surface area contributed by atoms with Gasteiger partial charge in [0, 0.05) is 13.1 Å². The molecule has 1 aromatic heterocycles. The van der Waals surface area contributed by atoms with Crippen LogP contribution >= 0.6 is 0 Å². The summed E-state index contributed by atoms with van der Waals surface area (Å²) in [6.07, 6.45) is -3.10. The van der Waals surface area contributed by atoms with E-state index in [9.17, 15) is 22.8 Å². The molecule has 1 aliphatic rings. The van der Waals surface area contributed by atoms with Crippen LogP contribution < -0.4 is 0 Å².